The Labute approximate surface area is 176 Å². The van der Waals surface area contributed by atoms with Gasteiger partial charge in [0.1, 0.15) is 11.8 Å². The summed E-state index contributed by atoms with van der Waals surface area (Å²) in [5.74, 6) is 0.200. The summed E-state index contributed by atoms with van der Waals surface area (Å²) < 4.78 is 30.9. The molecular weight excluding hydrogens is 406 g/mol. The molecule has 9 heteroatoms. The lowest BCUT2D eigenvalue weighted by Crippen LogP contribution is -2.45. The largest absolute Gasteiger partial charge is 0.497 e. The van der Waals surface area contributed by atoms with Crippen LogP contribution in [0.4, 0.5) is 17.1 Å². The van der Waals surface area contributed by atoms with Crippen LogP contribution in [0.2, 0.25) is 0 Å². The molecule has 3 rings (SSSR count). The number of amides is 2. The van der Waals surface area contributed by atoms with Gasteiger partial charge in [0.2, 0.25) is 21.8 Å². The first-order chi connectivity index (χ1) is 14.2. The molecule has 1 atom stereocenters. The SMILES string of the molecule is COc1ccc(N(C(C)C(=O)Nc2ccc(N3CCCC3=O)cc2)S(C)(=O)=O)cc1. The number of methoxy groups -OCH3 is 1. The highest BCUT2D eigenvalue weighted by molar-refractivity contribution is 7.92. The molecule has 30 heavy (non-hydrogen) atoms. The van der Waals surface area contributed by atoms with E-state index in [-0.39, 0.29) is 5.91 Å². The van der Waals surface area contributed by atoms with E-state index in [0.717, 1.165) is 22.7 Å². The van der Waals surface area contributed by atoms with Crippen LogP contribution in [0, 0.1) is 0 Å². The molecule has 0 aromatic heterocycles. The van der Waals surface area contributed by atoms with E-state index >= 15 is 0 Å². The van der Waals surface area contributed by atoms with Gasteiger partial charge in [0.15, 0.2) is 0 Å². The van der Waals surface area contributed by atoms with Gasteiger partial charge in [0.25, 0.3) is 0 Å². The summed E-state index contributed by atoms with van der Waals surface area (Å²) in [7, 11) is -2.19. The highest BCUT2D eigenvalue weighted by Gasteiger charge is 2.29. The Hall–Kier alpha value is -3.07. The van der Waals surface area contributed by atoms with Gasteiger partial charge in [0.05, 0.1) is 19.1 Å². The second-order valence-corrected chi connectivity index (χ2v) is 8.98. The van der Waals surface area contributed by atoms with Crippen LogP contribution in [0.1, 0.15) is 19.8 Å². The second kappa shape index (κ2) is 8.74. The molecule has 0 saturated carbocycles. The van der Waals surface area contributed by atoms with Crippen LogP contribution in [-0.2, 0) is 19.6 Å². The monoisotopic (exact) mass is 431 g/mol. The lowest BCUT2D eigenvalue weighted by atomic mass is 10.2. The van der Waals surface area contributed by atoms with Crippen molar-refractivity contribution >= 4 is 38.9 Å². The average Bonchev–Trinajstić information content (AvgIpc) is 3.14. The normalized spacial score (nSPS) is 15.0. The molecule has 8 nitrogen and oxygen atoms in total. The molecule has 1 saturated heterocycles. The van der Waals surface area contributed by atoms with E-state index in [0.29, 0.717) is 30.1 Å². The maximum Gasteiger partial charge on any atom is 0.247 e. The maximum atomic E-state index is 12.8. The molecule has 0 aliphatic carbocycles. The summed E-state index contributed by atoms with van der Waals surface area (Å²) in [6, 6.07) is 12.4. The summed E-state index contributed by atoms with van der Waals surface area (Å²) >= 11 is 0. The number of anilines is 3. The van der Waals surface area contributed by atoms with E-state index in [1.54, 1.807) is 53.4 Å². The number of carbonyl (C=O) groups is 2. The van der Waals surface area contributed by atoms with Crippen molar-refractivity contribution in [2.45, 2.75) is 25.8 Å². The molecule has 2 aromatic carbocycles. The molecule has 1 fully saturated rings. The summed E-state index contributed by atoms with van der Waals surface area (Å²) in [5, 5.41) is 2.74. The summed E-state index contributed by atoms with van der Waals surface area (Å²) in [6.07, 6.45) is 2.44. The number of hydrogen-bond donors (Lipinski definition) is 1. The second-order valence-electron chi connectivity index (χ2n) is 7.12. The van der Waals surface area contributed by atoms with E-state index in [4.69, 9.17) is 4.74 Å². The van der Waals surface area contributed by atoms with Crippen LogP contribution < -0.4 is 19.3 Å². The minimum absolute atomic E-state index is 0.0868. The number of nitrogens with zero attached hydrogens (tertiary/aromatic N) is 2. The van der Waals surface area contributed by atoms with Gasteiger partial charge in [-0.2, -0.15) is 0 Å². The van der Waals surface area contributed by atoms with Crippen molar-refractivity contribution in [1.82, 2.24) is 0 Å². The number of ether oxygens (including phenoxy) is 1. The first-order valence-corrected chi connectivity index (χ1v) is 11.4. The van der Waals surface area contributed by atoms with Gasteiger partial charge in [-0.15, -0.1) is 0 Å². The van der Waals surface area contributed by atoms with E-state index in [9.17, 15) is 18.0 Å². The quantitative estimate of drug-likeness (QED) is 0.727. The molecular formula is C21H25N3O5S. The number of nitrogens with one attached hydrogen (secondary N) is 1. The smallest absolute Gasteiger partial charge is 0.247 e. The number of rotatable bonds is 7. The van der Waals surface area contributed by atoms with Crippen molar-refractivity contribution in [2.24, 2.45) is 0 Å². The molecule has 2 amide bonds. The van der Waals surface area contributed by atoms with Gasteiger partial charge in [-0.25, -0.2) is 8.42 Å². The minimum Gasteiger partial charge on any atom is -0.497 e. The summed E-state index contributed by atoms with van der Waals surface area (Å²) in [5.41, 5.74) is 1.66. The third-order valence-electron chi connectivity index (χ3n) is 4.94. The molecule has 0 bridgehead atoms. The molecule has 0 spiro atoms. The molecule has 1 aliphatic heterocycles. The fourth-order valence-corrected chi connectivity index (χ4v) is 4.61. The zero-order valence-corrected chi connectivity index (χ0v) is 18.0. The van der Waals surface area contributed by atoms with E-state index in [1.807, 2.05) is 0 Å². The summed E-state index contributed by atoms with van der Waals surface area (Å²) in [4.78, 5) is 26.4. The number of carbonyl (C=O) groups excluding carboxylic acids is 2. The predicted octanol–water partition coefficient (Wildman–Crippen LogP) is 2.62. The topological polar surface area (TPSA) is 96.0 Å². The number of sulfonamides is 1. The fourth-order valence-electron chi connectivity index (χ4n) is 3.43. The molecule has 1 N–H and O–H groups in total. The predicted molar refractivity (Wildman–Crippen MR) is 116 cm³/mol. The third-order valence-corrected chi connectivity index (χ3v) is 6.18. The van der Waals surface area contributed by atoms with Crippen LogP contribution in [0.15, 0.2) is 48.5 Å². The molecule has 1 heterocycles. The zero-order chi connectivity index (χ0) is 21.9. The first kappa shape index (κ1) is 21.6. The van der Waals surface area contributed by atoms with Gasteiger partial charge in [0, 0.05) is 24.3 Å². The maximum absolute atomic E-state index is 12.8. The van der Waals surface area contributed by atoms with Gasteiger partial charge in [-0.1, -0.05) is 0 Å². The molecule has 1 unspecified atom stereocenters. The van der Waals surface area contributed by atoms with Gasteiger partial charge >= 0.3 is 0 Å². The Morgan fingerprint density at radius 1 is 1.13 bits per heavy atom. The van der Waals surface area contributed by atoms with Crippen molar-refractivity contribution in [3.63, 3.8) is 0 Å². The Kier molecular flexibility index (Phi) is 6.31. The lowest BCUT2D eigenvalue weighted by Gasteiger charge is -2.28. The van der Waals surface area contributed by atoms with Crippen LogP contribution in [-0.4, -0.2) is 46.2 Å². The zero-order valence-electron chi connectivity index (χ0n) is 17.2. The van der Waals surface area contributed by atoms with Crippen molar-refractivity contribution in [3.05, 3.63) is 48.5 Å². The number of benzene rings is 2. The van der Waals surface area contributed by atoms with Crippen molar-refractivity contribution in [1.29, 1.82) is 0 Å². The third kappa shape index (κ3) is 4.73. The minimum atomic E-state index is -3.71. The Bertz CT molecular complexity index is 1020. The van der Waals surface area contributed by atoms with E-state index in [1.165, 1.54) is 14.0 Å². The van der Waals surface area contributed by atoms with E-state index < -0.39 is 22.0 Å². The highest BCUT2D eigenvalue weighted by Crippen LogP contribution is 2.26. The van der Waals surface area contributed by atoms with Gasteiger partial charge in [-0.05, 0) is 61.9 Å². The number of hydrogen-bond acceptors (Lipinski definition) is 5. The van der Waals surface area contributed by atoms with E-state index in [2.05, 4.69) is 5.32 Å². The Balaban J connectivity index is 1.75. The van der Waals surface area contributed by atoms with Crippen LogP contribution in [0.5, 0.6) is 5.75 Å². The fraction of sp³-hybridized carbons (Fsp3) is 0.333. The van der Waals surface area contributed by atoms with Crippen LogP contribution >= 0.6 is 0 Å². The Morgan fingerprint density at radius 2 is 1.77 bits per heavy atom. The van der Waals surface area contributed by atoms with Crippen molar-refractivity contribution in [3.8, 4) is 5.75 Å². The van der Waals surface area contributed by atoms with Crippen LogP contribution in [0.3, 0.4) is 0 Å². The lowest BCUT2D eigenvalue weighted by molar-refractivity contribution is -0.117. The van der Waals surface area contributed by atoms with Crippen molar-refractivity contribution < 1.29 is 22.7 Å². The van der Waals surface area contributed by atoms with Gasteiger partial charge < -0.3 is 15.0 Å². The Morgan fingerprint density at radius 3 is 2.27 bits per heavy atom. The first-order valence-electron chi connectivity index (χ1n) is 9.55. The molecule has 1 aliphatic rings. The molecule has 2 aromatic rings. The van der Waals surface area contributed by atoms with Crippen LogP contribution in [0.25, 0.3) is 0 Å². The molecule has 160 valence electrons. The standard InChI is InChI=1S/C21H25N3O5S/c1-15(24(30(3,27)28)18-10-12-19(29-2)13-11-18)21(26)22-16-6-8-17(9-7-16)23-14-4-5-20(23)25/h6-13,15H,4-5,14H2,1-3H3,(H,22,26). The average molecular weight is 432 g/mol. The molecule has 0 radical (unpaired) electrons. The summed E-state index contributed by atoms with van der Waals surface area (Å²) in [6.45, 7) is 2.21. The highest BCUT2D eigenvalue weighted by atomic mass is 32.2. The van der Waals surface area contributed by atoms with Crippen molar-refractivity contribution in [2.75, 3.05) is 34.4 Å². The van der Waals surface area contributed by atoms with Gasteiger partial charge in [-0.3, -0.25) is 13.9 Å².